The quantitative estimate of drug-likeness (QED) is 0.426. The lowest BCUT2D eigenvalue weighted by molar-refractivity contribution is 0.102. The number of rotatable bonds is 5. The van der Waals surface area contributed by atoms with E-state index in [1.54, 1.807) is 66.7 Å². The summed E-state index contributed by atoms with van der Waals surface area (Å²) in [5.41, 5.74) is -0.420. The number of ether oxygens (including phenoxy) is 1. The molecule has 0 spiro atoms. The van der Waals surface area contributed by atoms with Crippen LogP contribution in [0.15, 0.2) is 65.9 Å². The van der Waals surface area contributed by atoms with Gasteiger partial charge in [0, 0.05) is 5.39 Å². The molecule has 0 aliphatic rings. The molecule has 0 bridgehead atoms. The van der Waals surface area contributed by atoms with E-state index >= 15 is 0 Å². The van der Waals surface area contributed by atoms with Crippen LogP contribution >= 0.6 is 0 Å². The maximum atomic E-state index is 13.0. The van der Waals surface area contributed by atoms with Crippen molar-refractivity contribution in [3.05, 3.63) is 71.4 Å². The molecule has 3 aromatic carbocycles. The highest BCUT2D eigenvalue weighted by Crippen LogP contribution is 2.38. The molecule has 0 aliphatic carbocycles. The maximum absolute atomic E-state index is 13.0. The Labute approximate surface area is 177 Å². The number of anilines is 2. The van der Waals surface area contributed by atoms with E-state index in [0.29, 0.717) is 22.2 Å². The van der Waals surface area contributed by atoms with Crippen molar-refractivity contribution in [3.8, 4) is 29.7 Å². The van der Waals surface area contributed by atoms with Gasteiger partial charge < -0.3 is 20.5 Å². The van der Waals surface area contributed by atoms with Gasteiger partial charge in [-0.25, -0.2) is 0 Å². The molecule has 0 aromatic heterocycles. The molecule has 0 aliphatic heterocycles. The molecule has 0 saturated carbocycles. The number of phenolic OH excluding ortho intramolecular Hbond substituents is 1. The Bertz CT molecular complexity index is 1320. The smallest absolute Gasteiger partial charge is 0.259 e. The molecule has 3 rings (SSSR count). The van der Waals surface area contributed by atoms with Gasteiger partial charge in [-0.05, 0) is 23.6 Å². The van der Waals surface area contributed by atoms with Crippen LogP contribution in [0.1, 0.15) is 10.4 Å². The van der Waals surface area contributed by atoms with Crippen LogP contribution in [0.25, 0.3) is 10.8 Å². The molecular weight excluding hydrogens is 394 g/mol. The molecule has 8 heteroatoms. The molecule has 0 atom stereocenters. The van der Waals surface area contributed by atoms with Crippen molar-refractivity contribution in [1.82, 2.24) is 0 Å². The minimum atomic E-state index is -0.612. The summed E-state index contributed by atoms with van der Waals surface area (Å²) in [4.78, 5) is 13.0. The average Bonchev–Trinajstić information content (AvgIpc) is 2.80. The van der Waals surface area contributed by atoms with Crippen LogP contribution in [-0.4, -0.2) is 18.1 Å². The van der Waals surface area contributed by atoms with Crippen molar-refractivity contribution in [2.24, 2.45) is 0 Å². The Morgan fingerprint density at radius 1 is 0.968 bits per heavy atom. The van der Waals surface area contributed by atoms with Crippen molar-refractivity contribution in [2.75, 3.05) is 17.7 Å². The van der Waals surface area contributed by atoms with Gasteiger partial charge in [0.2, 0.25) is 0 Å². The summed E-state index contributed by atoms with van der Waals surface area (Å²) < 4.78 is 5.23. The van der Waals surface area contributed by atoms with Crippen LogP contribution in [0.4, 0.5) is 11.4 Å². The Hall–Kier alpha value is -5.00. The standard InChI is InChI=1S/C23H15N5O3/c1-31-20-9-5-4-8-18(20)28-23(30)17-10-14-6-2-3-7-16(14)21(22(17)29)27-19(13-26)15(11-24)12-25/h2-10,27,29H,1H3,(H,28,30). The van der Waals surface area contributed by atoms with E-state index in [-0.39, 0.29) is 16.9 Å². The van der Waals surface area contributed by atoms with Crippen LogP contribution in [0.2, 0.25) is 0 Å². The van der Waals surface area contributed by atoms with Crippen molar-refractivity contribution in [1.29, 1.82) is 15.8 Å². The molecule has 3 aromatic rings. The summed E-state index contributed by atoms with van der Waals surface area (Å²) in [7, 11) is 1.47. The van der Waals surface area contributed by atoms with Crippen LogP contribution < -0.4 is 15.4 Å². The number of nitriles is 3. The number of aromatic hydroxyl groups is 1. The van der Waals surface area contributed by atoms with E-state index in [2.05, 4.69) is 10.6 Å². The van der Waals surface area contributed by atoms with Gasteiger partial charge in [0.15, 0.2) is 11.3 Å². The molecule has 150 valence electrons. The molecule has 0 unspecified atom stereocenters. The summed E-state index contributed by atoms with van der Waals surface area (Å²) >= 11 is 0. The number of carbonyl (C=O) groups is 1. The van der Waals surface area contributed by atoms with E-state index in [1.807, 2.05) is 0 Å². The SMILES string of the molecule is COc1ccccc1NC(=O)c1cc2ccccc2c(NC(C#N)=C(C#N)C#N)c1O. The Balaban J connectivity index is 2.15. The second kappa shape index (κ2) is 9.00. The molecule has 0 radical (unpaired) electrons. The number of amides is 1. The number of para-hydroxylation sites is 2. The predicted octanol–water partition coefficient (Wildman–Crippen LogP) is 4.04. The highest BCUT2D eigenvalue weighted by atomic mass is 16.5. The minimum absolute atomic E-state index is 0.0304. The number of fused-ring (bicyclic) bond motifs is 1. The molecule has 8 nitrogen and oxygen atoms in total. The second-order valence-corrected chi connectivity index (χ2v) is 6.23. The largest absolute Gasteiger partial charge is 0.505 e. The van der Waals surface area contributed by atoms with Crippen LogP contribution in [0, 0.1) is 34.0 Å². The lowest BCUT2D eigenvalue weighted by atomic mass is 10.0. The van der Waals surface area contributed by atoms with Gasteiger partial charge in [0.1, 0.15) is 29.7 Å². The number of phenols is 1. The zero-order chi connectivity index (χ0) is 22.4. The molecule has 0 fully saturated rings. The Kier molecular flexibility index (Phi) is 6.02. The number of methoxy groups -OCH3 is 1. The topological polar surface area (TPSA) is 142 Å². The minimum Gasteiger partial charge on any atom is -0.505 e. The number of hydrogen-bond acceptors (Lipinski definition) is 7. The number of nitrogens with one attached hydrogen (secondary N) is 2. The van der Waals surface area contributed by atoms with E-state index in [4.69, 9.17) is 15.3 Å². The van der Waals surface area contributed by atoms with Gasteiger partial charge >= 0.3 is 0 Å². The summed E-state index contributed by atoms with van der Waals surface area (Å²) in [6, 6.07) is 20.2. The summed E-state index contributed by atoms with van der Waals surface area (Å²) in [5, 5.41) is 44.8. The van der Waals surface area contributed by atoms with Crippen molar-refractivity contribution < 1.29 is 14.6 Å². The van der Waals surface area contributed by atoms with Crippen molar-refractivity contribution in [2.45, 2.75) is 0 Å². The van der Waals surface area contributed by atoms with Crippen LogP contribution in [-0.2, 0) is 0 Å². The number of allylic oxidation sites excluding steroid dienone is 2. The molecule has 0 heterocycles. The van der Waals surface area contributed by atoms with Crippen LogP contribution in [0.3, 0.4) is 0 Å². The lowest BCUT2D eigenvalue weighted by Gasteiger charge is -2.16. The fraction of sp³-hybridized carbons (Fsp3) is 0.0435. The average molecular weight is 409 g/mol. The van der Waals surface area contributed by atoms with Gasteiger partial charge in [0.05, 0.1) is 24.0 Å². The van der Waals surface area contributed by atoms with E-state index in [9.17, 15) is 15.2 Å². The molecule has 31 heavy (non-hydrogen) atoms. The number of nitrogens with zero attached hydrogens (tertiary/aromatic N) is 3. The maximum Gasteiger partial charge on any atom is 0.259 e. The first-order chi connectivity index (χ1) is 15.0. The first kappa shape index (κ1) is 20.7. The predicted molar refractivity (Wildman–Crippen MR) is 114 cm³/mol. The van der Waals surface area contributed by atoms with Crippen molar-refractivity contribution >= 4 is 28.1 Å². The normalized spacial score (nSPS) is 9.61. The molecule has 3 N–H and O–H groups in total. The number of hydrogen-bond donors (Lipinski definition) is 3. The summed E-state index contributed by atoms with van der Waals surface area (Å²) in [6.45, 7) is 0. The van der Waals surface area contributed by atoms with Gasteiger partial charge in [-0.2, -0.15) is 15.8 Å². The Morgan fingerprint density at radius 3 is 2.32 bits per heavy atom. The van der Waals surface area contributed by atoms with Gasteiger partial charge in [-0.15, -0.1) is 0 Å². The molecular formula is C23H15N5O3. The third-order valence-electron chi connectivity index (χ3n) is 4.46. The lowest BCUT2D eigenvalue weighted by Crippen LogP contribution is -2.14. The first-order valence-electron chi connectivity index (χ1n) is 8.94. The van der Waals surface area contributed by atoms with Gasteiger partial charge in [-0.1, -0.05) is 36.4 Å². The third kappa shape index (κ3) is 4.07. The zero-order valence-electron chi connectivity index (χ0n) is 16.3. The zero-order valence-corrected chi connectivity index (χ0v) is 16.3. The van der Waals surface area contributed by atoms with E-state index < -0.39 is 17.2 Å². The second-order valence-electron chi connectivity index (χ2n) is 6.23. The first-order valence-corrected chi connectivity index (χ1v) is 8.94. The monoisotopic (exact) mass is 409 g/mol. The fourth-order valence-electron chi connectivity index (χ4n) is 2.98. The highest BCUT2D eigenvalue weighted by molar-refractivity contribution is 6.12. The van der Waals surface area contributed by atoms with Crippen molar-refractivity contribution in [3.63, 3.8) is 0 Å². The van der Waals surface area contributed by atoms with Gasteiger partial charge in [-0.3, -0.25) is 4.79 Å². The third-order valence-corrected chi connectivity index (χ3v) is 4.46. The number of benzene rings is 3. The highest BCUT2D eigenvalue weighted by Gasteiger charge is 2.21. The van der Waals surface area contributed by atoms with E-state index in [1.165, 1.54) is 13.2 Å². The Morgan fingerprint density at radius 2 is 1.65 bits per heavy atom. The molecule has 0 saturated heterocycles. The molecule has 1 amide bonds. The summed E-state index contributed by atoms with van der Waals surface area (Å²) in [6.07, 6.45) is 0. The fourth-order valence-corrected chi connectivity index (χ4v) is 2.98. The summed E-state index contributed by atoms with van der Waals surface area (Å²) in [5.74, 6) is -0.606. The van der Waals surface area contributed by atoms with E-state index in [0.717, 1.165) is 0 Å². The number of carbonyl (C=O) groups excluding carboxylic acids is 1. The van der Waals surface area contributed by atoms with Crippen LogP contribution in [0.5, 0.6) is 11.5 Å². The van der Waals surface area contributed by atoms with Gasteiger partial charge in [0.25, 0.3) is 5.91 Å².